The summed E-state index contributed by atoms with van der Waals surface area (Å²) in [5.41, 5.74) is 4.99. The van der Waals surface area contributed by atoms with E-state index in [2.05, 4.69) is 15.5 Å². The molecular formula is C18H16N4O4S. The van der Waals surface area contributed by atoms with E-state index in [-0.39, 0.29) is 17.2 Å². The molecule has 0 atom stereocenters. The van der Waals surface area contributed by atoms with Crippen LogP contribution < -0.4 is 14.9 Å². The Labute approximate surface area is 159 Å². The van der Waals surface area contributed by atoms with Crippen molar-refractivity contribution in [3.63, 3.8) is 0 Å². The van der Waals surface area contributed by atoms with Crippen LogP contribution in [0, 0.1) is 10.1 Å². The average molecular weight is 384 g/mol. The molecule has 0 amide bonds. The van der Waals surface area contributed by atoms with Gasteiger partial charge in [0.15, 0.2) is 5.75 Å². The second-order valence-electron chi connectivity index (χ2n) is 5.31. The molecule has 0 radical (unpaired) electrons. The smallest absolute Gasteiger partial charge is 0.315 e. The highest BCUT2D eigenvalue weighted by Crippen LogP contribution is 2.37. The van der Waals surface area contributed by atoms with E-state index in [1.54, 1.807) is 6.07 Å². The van der Waals surface area contributed by atoms with Crippen LogP contribution >= 0.6 is 11.3 Å². The van der Waals surface area contributed by atoms with Gasteiger partial charge >= 0.3 is 5.69 Å². The van der Waals surface area contributed by atoms with Crippen LogP contribution in [0.25, 0.3) is 11.3 Å². The van der Waals surface area contributed by atoms with E-state index in [0.717, 1.165) is 11.3 Å². The summed E-state index contributed by atoms with van der Waals surface area (Å²) in [7, 11) is 2.77. The zero-order chi connectivity index (χ0) is 19.2. The lowest BCUT2D eigenvalue weighted by Crippen LogP contribution is -1.99. The Morgan fingerprint density at radius 1 is 1.22 bits per heavy atom. The molecule has 27 heavy (non-hydrogen) atoms. The minimum atomic E-state index is -0.529. The summed E-state index contributed by atoms with van der Waals surface area (Å²) in [5, 5.41) is 17.9. The van der Waals surface area contributed by atoms with Crippen LogP contribution in [0.3, 0.4) is 0 Å². The largest absolute Gasteiger partial charge is 0.493 e. The van der Waals surface area contributed by atoms with Gasteiger partial charge in [-0.1, -0.05) is 30.3 Å². The van der Waals surface area contributed by atoms with Gasteiger partial charge in [-0.2, -0.15) is 5.10 Å². The number of nitrogens with zero attached hydrogens (tertiary/aromatic N) is 3. The quantitative estimate of drug-likeness (QED) is 0.373. The van der Waals surface area contributed by atoms with Crippen LogP contribution in [-0.2, 0) is 0 Å². The van der Waals surface area contributed by atoms with Gasteiger partial charge in [0.05, 0.1) is 31.1 Å². The summed E-state index contributed by atoms with van der Waals surface area (Å²) in [6.45, 7) is 0. The molecule has 3 rings (SSSR count). The number of methoxy groups -OCH3 is 2. The molecule has 0 aliphatic carbocycles. The molecular weight excluding hydrogens is 368 g/mol. The first-order valence-electron chi connectivity index (χ1n) is 7.83. The zero-order valence-corrected chi connectivity index (χ0v) is 15.4. The second-order valence-corrected chi connectivity index (χ2v) is 6.16. The van der Waals surface area contributed by atoms with Crippen LogP contribution in [-0.4, -0.2) is 30.3 Å². The van der Waals surface area contributed by atoms with Crippen molar-refractivity contribution in [3.05, 3.63) is 63.5 Å². The third-order valence-electron chi connectivity index (χ3n) is 3.63. The third kappa shape index (κ3) is 4.21. The van der Waals surface area contributed by atoms with Crippen molar-refractivity contribution in [2.24, 2.45) is 5.10 Å². The van der Waals surface area contributed by atoms with E-state index in [4.69, 9.17) is 9.47 Å². The SMILES string of the molecule is COc1cc(C=NNc2nc(-c3ccccc3)cs2)cc([N+](=O)[O-])c1OC. The van der Waals surface area contributed by atoms with Crippen LogP contribution in [0.15, 0.2) is 52.9 Å². The van der Waals surface area contributed by atoms with Gasteiger partial charge in [-0.25, -0.2) is 4.98 Å². The fourth-order valence-corrected chi connectivity index (χ4v) is 3.07. The maximum atomic E-state index is 11.2. The number of hydrogen-bond donors (Lipinski definition) is 1. The fraction of sp³-hybridized carbons (Fsp3) is 0.111. The Kier molecular flexibility index (Phi) is 5.62. The lowest BCUT2D eigenvalue weighted by atomic mass is 10.2. The summed E-state index contributed by atoms with van der Waals surface area (Å²) < 4.78 is 10.2. The molecule has 0 aliphatic rings. The van der Waals surface area contributed by atoms with Crippen molar-refractivity contribution in [2.75, 3.05) is 19.6 Å². The molecule has 0 saturated heterocycles. The Bertz CT molecular complexity index is 973. The number of nitrogens with one attached hydrogen (secondary N) is 1. The van der Waals surface area contributed by atoms with Crippen molar-refractivity contribution in [3.8, 4) is 22.8 Å². The van der Waals surface area contributed by atoms with E-state index in [0.29, 0.717) is 10.7 Å². The number of benzene rings is 2. The molecule has 0 unspecified atom stereocenters. The third-order valence-corrected chi connectivity index (χ3v) is 4.37. The predicted molar refractivity (Wildman–Crippen MR) is 105 cm³/mol. The summed E-state index contributed by atoms with van der Waals surface area (Å²) >= 11 is 1.41. The maximum Gasteiger partial charge on any atom is 0.315 e. The summed E-state index contributed by atoms with van der Waals surface area (Å²) in [6, 6.07) is 12.8. The number of thiazole rings is 1. The Morgan fingerprint density at radius 2 is 2.00 bits per heavy atom. The normalized spacial score (nSPS) is 10.7. The molecule has 0 bridgehead atoms. The Hall–Kier alpha value is -3.46. The molecule has 9 heteroatoms. The van der Waals surface area contributed by atoms with Gasteiger partial charge in [-0.15, -0.1) is 11.3 Å². The van der Waals surface area contributed by atoms with Crippen molar-refractivity contribution >= 4 is 28.4 Å². The molecule has 1 heterocycles. The number of nitro benzene ring substituents is 1. The molecule has 138 valence electrons. The van der Waals surface area contributed by atoms with Gasteiger partial charge in [0.2, 0.25) is 10.9 Å². The van der Waals surface area contributed by atoms with Crippen LogP contribution in [0.2, 0.25) is 0 Å². The molecule has 0 fully saturated rings. The van der Waals surface area contributed by atoms with E-state index < -0.39 is 4.92 Å². The Morgan fingerprint density at radius 3 is 2.67 bits per heavy atom. The van der Waals surface area contributed by atoms with Crippen LogP contribution in [0.1, 0.15) is 5.56 Å². The van der Waals surface area contributed by atoms with Gasteiger partial charge < -0.3 is 9.47 Å². The molecule has 8 nitrogen and oxygen atoms in total. The first kappa shape index (κ1) is 18.3. The van der Waals surface area contributed by atoms with Gasteiger partial charge in [0, 0.05) is 22.6 Å². The molecule has 1 N–H and O–H groups in total. The molecule has 1 aromatic heterocycles. The number of ether oxygens (including phenoxy) is 2. The number of hydrazone groups is 1. The van der Waals surface area contributed by atoms with Gasteiger partial charge in [-0.05, 0) is 6.07 Å². The number of nitro groups is 1. The van der Waals surface area contributed by atoms with Gasteiger partial charge in [-0.3, -0.25) is 15.5 Å². The van der Waals surface area contributed by atoms with Crippen LogP contribution in [0.5, 0.6) is 11.5 Å². The topological polar surface area (TPSA) is 98.9 Å². The van der Waals surface area contributed by atoms with Crippen molar-refractivity contribution in [1.29, 1.82) is 0 Å². The molecule has 2 aromatic carbocycles. The highest BCUT2D eigenvalue weighted by molar-refractivity contribution is 7.14. The fourth-order valence-electron chi connectivity index (χ4n) is 2.40. The monoisotopic (exact) mass is 384 g/mol. The zero-order valence-electron chi connectivity index (χ0n) is 14.6. The lowest BCUT2D eigenvalue weighted by molar-refractivity contribution is -0.385. The first-order chi connectivity index (χ1) is 13.1. The van der Waals surface area contributed by atoms with E-state index in [1.165, 1.54) is 37.8 Å². The molecule has 3 aromatic rings. The lowest BCUT2D eigenvalue weighted by Gasteiger charge is -2.08. The van der Waals surface area contributed by atoms with Crippen molar-refractivity contribution in [1.82, 2.24) is 4.98 Å². The maximum absolute atomic E-state index is 11.2. The highest BCUT2D eigenvalue weighted by Gasteiger charge is 2.21. The minimum absolute atomic E-state index is 0.0695. The van der Waals surface area contributed by atoms with Gasteiger partial charge in [0.1, 0.15) is 0 Å². The first-order valence-corrected chi connectivity index (χ1v) is 8.70. The van der Waals surface area contributed by atoms with Crippen molar-refractivity contribution < 1.29 is 14.4 Å². The number of aromatic nitrogens is 1. The standard InChI is InChI=1S/C18H16N4O4S/c1-25-16-9-12(8-15(22(23)24)17(16)26-2)10-19-21-18-20-14(11-27-18)13-6-4-3-5-7-13/h3-11H,1-2H3,(H,20,21). The minimum Gasteiger partial charge on any atom is -0.493 e. The number of rotatable bonds is 7. The van der Waals surface area contributed by atoms with E-state index in [9.17, 15) is 10.1 Å². The highest BCUT2D eigenvalue weighted by atomic mass is 32.1. The summed E-state index contributed by atoms with van der Waals surface area (Å²) in [5.74, 6) is 0.328. The predicted octanol–water partition coefficient (Wildman–Crippen LogP) is 4.18. The van der Waals surface area contributed by atoms with Crippen LogP contribution in [0.4, 0.5) is 10.8 Å². The summed E-state index contributed by atoms with van der Waals surface area (Å²) in [4.78, 5) is 15.2. The Balaban J connectivity index is 1.78. The summed E-state index contributed by atoms with van der Waals surface area (Å²) in [6.07, 6.45) is 1.46. The van der Waals surface area contributed by atoms with Gasteiger partial charge in [0.25, 0.3) is 0 Å². The van der Waals surface area contributed by atoms with E-state index >= 15 is 0 Å². The molecule has 0 saturated carbocycles. The number of anilines is 1. The van der Waals surface area contributed by atoms with E-state index in [1.807, 2.05) is 35.7 Å². The average Bonchev–Trinajstić information content (AvgIpc) is 3.16. The number of hydrogen-bond acceptors (Lipinski definition) is 8. The van der Waals surface area contributed by atoms with Crippen molar-refractivity contribution in [2.45, 2.75) is 0 Å². The molecule has 0 spiro atoms. The second kappa shape index (κ2) is 8.28. The molecule has 0 aliphatic heterocycles.